The van der Waals surface area contributed by atoms with Crippen LogP contribution >= 0.6 is 0 Å². The molecule has 9 rings (SSSR count). The first-order chi connectivity index (χ1) is 18.9. The summed E-state index contributed by atoms with van der Waals surface area (Å²) in [6.45, 7) is 0. The lowest BCUT2D eigenvalue weighted by molar-refractivity contribution is 0.359. The minimum atomic E-state index is 0.519. The Balaban J connectivity index is 1.24. The zero-order chi connectivity index (χ0) is 24.8. The Hall–Kier alpha value is -2.48. The third-order valence-corrected chi connectivity index (χ3v) is 11.6. The van der Waals surface area contributed by atoms with E-state index in [9.17, 15) is 0 Å². The minimum Gasteiger partial charge on any atom is -0.333 e. The fourth-order valence-corrected chi connectivity index (χ4v) is 9.86. The molecule has 3 heterocycles. The van der Waals surface area contributed by atoms with Crippen molar-refractivity contribution in [3.05, 3.63) is 70.0 Å². The lowest BCUT2D eigenvalue weighted by Gasteiger charge is -2.40. The summed E-state index contributed by atoms with van der Waals surface area (Å²) in [6.07, 6.45) is 21.9. The third kappa shape index (κ3) is 3.07. The Morgan fingerprint density at radius 3 is 1.37 bits per heavy atom. The average molecular weight is 503 g/mol. The van der Waals surface area contributed by atoms with E-state index in [1.165, 1.54) is 103 Å². The van der Waals surface area contributed by atoms with E-state index in [1.807, 2.05) is 0 Å². The fraction of sp³-hybridized carbons (Fsp3) is 0.556. The second-order valence-electron chi connectivity index (χ2n) is 13.5. The molecule has 0 spiro atoms. The van der Waals surface area contributed by atoms with E-state index in [0.717, 1.165) is 11.8 Å². The number of benzene rings is 2. The SMILES string of the molecule is c1cc2c(cc1C1CCCCC1)c1c3n2[C@H]2CCCc4c2n(c2ccc(C5CCCCC5)cc42)[C@H]3CCC1. The van der Waals surface area contributed by atoms with E-state index in [4.69, 9.17) is 0 Å². The van der Waals surface area contributed by atoms with E-state index in [1.54, 1.807) is 55.4 Å². The van der Waals surface area contributed by atoms with Crippen LogP contribution in [0.1, 0.15) is 147 Å². The average Bonchev–Trinajstić information content (AvgIpc) is 3.51. The Morgan fingerprint density at radius 2 is 0.921 bits per heavy atom. The lowest BCUT2D eigenvalue weighted by atomic mass is 9.83. The maximum atomic E-state index is 2.87. The van der Waals surface area contributed by atoms with Crippen molar-refractivity contribution in [2.75, 3.05) is 0 Å². The first-order valence-corrected chi connectivity index (χ1v) is 16.2. The van der Waals surface area contributed by atoms with Crippen molar-refractivity contribution in [2.24, 2.45) is 0 Å². The number of hydrogen-bond donors (Lipinski definition) is 0. The summed E-state index contributed by atoms with van der Waals surface area (Å²) in [4.78, 5) is 0. The van der Waals surface area contributed by atoms with Gasteiger partial charge in [-0.05, 0) is 123 Å². The van der Waals surface area contributed by atoms with Gasteiger partial charge in [-0.25, -0.2) is 0 Å². The van der Waals surface area contributed by atoms with Crippen LogP contribution in [0.5, 0.6) is 0 Å². The van der Waals surface area contributed by atoms with Crippen molar-refractivity contribution < 1.29 is 0 Å². The molecule has 4 aliphatic carbocycles. The molecular formula is C36H42N2. The van der Waals surface area contributed by atoms with E-state index in [2.05, 4.69) is 45.5 Å². The second kappa shape index (κ2) is 8.51. The van der Waals surface area contributed by atoms with Gasteiger partial charge in [-0.2, -0.15) is 0 Å². The first-order valence-electron chi connectivity index (χ1n) is 16.2. The Bertz CT molecular complexity index is 1430. The summed E-state index contributed by atoms with van der Waals surface area (Å²) in [5.41, 5.74) is 13.1. The highest BCUT2D eigenvalue weighted by Crippen LogP contribution is 2.53. The van der Waals surface area contributed by atoms with Crippen molar-refractivity contribution in [2.45, 2.75) is 127 Å². The van der Waals surface area contributed by atoms with Gasteiger partial charge in [0.05, 0.1) is 12.1 Å². The minimum absolute atomic E-state index is 0.519. The molecular weight excluding hydrogens is 460 g/mol. The van der Waals surface area contributed by atoms with Crippen LogP contribution in [0.15, 0.2) is 36.4 Å². The van der Waals surface area contributed by atoms with Crippen molar-refractivity contribution in [3.63, 3.8) is 0 Å². The molecule has 1 aliphatic heterocycles. The van der Waals surface area contributed by atoms with Crippen molar-refractivity contribution in [1.29, 1.82) is 0 Å². The topological polar surface area (TPSA) is 9.86 Å². The maximum Gasteiger partial charge on any atom is 0.0744 e. The van der Waals surface area contributed by atoms with Gasteiger partial charge < -0.3 is 9.13 Å². The summed E-state index contributed by atoms with van der Waals surface area (Å²) in [5, 5.41) is 3.21. The molecule has 38 heavy (non-hydrogen) atoms. The lowest BCUT2D eigenvalue weighted by Crippen LogP contribution is -2.32. The normalized spacial score (nSPS) is 25.6. The van der Waals surface area contributed by atoms with Crippen LogP contribution in [-0.4, -0.2) is 9.13 Å². The van der Waals surface area contributed by atoms with Crippen molar-refractivity contribution in [3.8, 4) is 0 Å². The molecule has 2 aromatic carbocycles. The van der Waals surface area contributed by atoms with Crippen LogP contribution in [0, 0.1) is 0 Å². The molecule has 5 aliphatic rings. The summed E-state index contributed by atoms with van der Waals surface area (Å²) >= 11 is 0. The molecule has 0 unspecified atom stereocenters. The van der Waals surface area contributed by atoms with Gasteiger partial charge in [0, 0.05) is 33.2 Å². The third-order valence-electron chi connectivity index (χ3n) is 11.6. The molecule has 2 aromatic heterocycles. The Labute approximate surface area is 227 Å². The molecule has 2 heteroatoms. The molecule has 2 nitrogen and oxygen atoms in total. The van der Waals surface area contributed by atoms with Crippen LogP contribution in [0.3, 0.4) is 0 Å². The maximum absolute atomic E-state index is 2.87. The number of fused-ring (bicyclic) bond motifs is 8. The van der Waals surface area contributed by atoms with Gasteiger partial charge in [-0.1, -0.05) is 50.7 Å². The summed E-state index contributed by atoms with van der Waals surface area (Å²) in [7, 11) is 0. The Morgan fingerprint density at radius 1 is 0.474 bits per heavy atom. The van der Waals surface area contributed by atoms with Gasteiger partial charge in [0.1, 0.15) is 0 Å². The predicted molar refractivity (Wildman–Crippen MR) is 158 cm³/mol. The van der Waals surface area contributed by atoms with E-state index in [-0.39, 0.29) is 0 Å². The number of aryl methyl sites for hydroxylation is 2. The van der Waals surface area contributed by atoms with Crippen LogP contribution in [0.2, 0.25) is 0 Å². The van der Waals surface area contributed by atoms with Gasteiger partial charge in [-0.15, -0.1) is 0 Å². The van der Waals surface area contributed by atoms with E-state index < -0.39 is 0 Å². The number of hydrogen-bond acceptors (Lipinski definition) is 0. The molecule has 0 radical (unpaired) electrons. The van der Waals surface area contributed by atoms with Gasteiger partial charge in [0.15, 0.2) is 0 Å². The van der Waals surface area contributed by atoms with Crippen LogP contribution in [0.4, 0.5) is 0 Å². The highest BCUT2D eigenvalue weighted by molar-refractivity contribution is 5.91. The first kappa shape index (κ1) is 22.3. The van der Waals surface area contributed by atoms with E-state index in [0.29, 0.717) is 12.1 Å². The van der Waals surface area contributed by atoms with Gasteiger partial charge >= 0.3 is 0 Å². The Kier molecular flexibility index (Phi) is 5.00. The smallest absolute Gasteiger partial charge is 0.0744 e. The van der Waals surface area contributed by atoms with Crippen LogP contribution in [-0.2, 0) is 12.8 Å². The molecule has 196 valence electrons. The van der Waals surface area contributed by atoms with Crippen LogP contribution < -0.4 is 0 Å². The number of nitrogens with zero attached hydrogens (tertiary/aromatic N) is 2. The van der Waals surface area contributed by atoms with Gasteiger partial charge in [0.25, 0.3) is 0 Å². The molecule has 0 bridgehead atoms. The number of rotatable bonds is 2. The zero-order valence-electron chi connectivity index (χ0n) is 23.0. The molecule has 0 N–H and O–H groups in total. The predicted octanol–water partition coefficient (Wildman–Crippen LogP) is 9.86. The standard InChI is InChI=1S/C36H42N2/c1-3-9-23(10-4-1)25-17-19-31-29(21-25)27-13-7-15-33-35(27)37(31)34-16-8-14-28-30-22-26(24-11-5-2-6-12-24)18-20-32(30)38(33)36(28)34/h17-24,33-34H,1-16H2/t33-,34-/m0/s1. The monoisotopic (exact) mass is 502 g/mol. The highest BCUT2D eigenvalue weighted by Gasteiger charge is 2.42. The quantitative estimate of drug-likeness (QED) is 0.258. The van der Waals surface area contributed by atoms with Gasteiger partial charge in [0.2, 0.25) is 0 Å². The summed E-state index contributed by atoms with van der Waals surface area (Å²) in [6, 6.07) is 16.5. The molecule has 4 aromatic rings. The van der Waals surface area contributed by atoms with Crippen molar-refractivity contribution >= 4 is 21.8 Å². The molecule has 0 saturated heterocycles. The highest BCUT2D eigenvalue weighted by atomic mass is 15.2. The van der Waals surface area contributed by atoms with Gasteiger partial charge in [-0.3, -0.25) is 0 Å². The van der Waals surface area contributed by atoms with Crippen molar-refractivity contribution in [1.82, 2.24) is 9.13 Å². The number of aromatic nitrogens is 2. The summed E-state index contributed by atoms with van der Waals surface area (Å²) in [5.74, 6) is 1.57. The van der Waals surface area contributed by atoms with E-state index >= 15 is 0 Å². The molecule has 2 atom stereocenters. The molecule has 0 amide bonds. The fourth-order valence-electron chi connectivity index (χ4n) is 9.86. The second-order valence-corrected chi connectivity index (χ2v) is 13.5. The largest absolute Gasteiger partial charge is 0.333 e. The summed E-state index contributed by atoms with van der Waals surface area (Å²) < 4.78 is 5.75. The zero-order valence-corrected chi connectivity index (χ0v) is 23.0. The molecule has 2 saturated carbocycles. The molecule has 2 fully saturated rings. The van der Waals surface area contributed by atoms with Crippen LogP contribution in [0.25, 0.3) is 21.8 Å².